The van der Waals surface area contributed by atoms with Crippen molar-refractivity contribution in [2.24, 2.45) is 17.6 Å². The largest absolute Gasteiger partial charge is 0.391 e. The van der Waals surface area contributed by atoms with Crippen LogP contribution in [0.5, 0.6) is 0 Å². The number of hydrogen-bond acceptors (Lipinski definition) is 5. The van der Waals surface area contributed by atoms with Crippen LogP contribution in [-0.2, 0) is 15.1 Å². The lowest BCUT2D eigenvalue weighted by molar-refractivity contribution is -0.141. The molecular weight excluding hydrogens is 440 g/mol. The first-order chi connectivity index (χ1) is 16.9. The van der Waals surface area contributed by atoms with Crippen LogP contribution in [0.3, 0.4) is 0 Å². The van der Waals surface area contributed by atoms with Gasteiger partial charge in [0, 0.05) is 44.7 Å². The number of hydrogen-bond donors (Lipinski definition) is 3. The molecule has 0 aromatic heterocycles. The summed E-state index contributed by atoms with van der Waals surface area (Å²) in [6, 6.07) is 18.0. The standard InChI is InChI=1S/C29H40N2O4/c1-35-17-8-7-15-29(34,25-14-6-5-13-24(25)21-10-3-2-4-11-21)23-12-9-16-31(20-23)28(33)22-18-26(30)27(32)19-22/h2-6,10-11,13-14,22-23,26-27,32,34H,7-9,12,15-20,30H2,1H3. The Labute approximate surface area is 209 Å². The van der Waals surface area contributed by atoms with Gasteiger partial charge in [0.25, 0.3) is 0 Å². The number of aliphatic hydroxyl groups excluding tert-OH is 1. The molecule has 0 spiro atoms. The van der Waals surface area contributed by atoms with Crippen LogP contribution >= 0.6 is 0 Å². The summed E-state index contributed by atoms with van der Waals surface area (Å²) in [6.07, 6.45) is 4.38. The molecule has 0 bridgehead atoms. The van der Waals surface area contributed by atoms with E-state index in [1.54, 1.807) is 7.11 Å². The van der Waals surface area contributed by atoms with Crippen LogP contribution < -0.4 is 5.73 Å². The van der Waals surface area contributed by atoms with Crippen molar-refractivity contribution in [3.8, 4) is 11.1 Å². The molecular formula is C29H40N2O4. The first-order valence-corrected chi connectivity index (χ1v) is 13.0. The van der Waals surface area contributed by atoms with Crippen LogP contribution in [0.2, 0.25) is 0 Å². The zero-order valence-corrected chi connectivity index (χ0v) is 20.8. The third-order valence-corrected chi connectivity index (χ3v) is 7.97. The monoisotopic (exact) mass is 480 g/mol. The maximum Gasteiger partial charge on any atom is 0.225 e. The number of carbonyl (C=O) groups is 1. The van der Waals surface area contributed by atoms with Crippen LogP contribution in [-0.4, -0.2) is 60.0 Å². The van der Waals surface area contributed by atoms with Crippen LogP contribution in [0.15, 0.2) is 54.6 Å². The minimum absolute atomic E-state index is 0.0692. The highest BCUT2D eigenvalue weighted by Crippen LogP contribution is 2.44. The number of carbonyl (C=O) groups excluding carboxylic acids is 1. The summed E-state index contributed by atoms with van der Waals surface area (Å²) in [6.45, 7) is 1.87. The molecule has 190 valence electrons. The SMILES string of the molecule is COCCCCC(O)(c1ccccc1-c1ccccc1)C1CCCN(C(=O)C2CC(N)C(O)C2)C1. The van der Waals surface area contributed by atoms with Crippen molar-refractivity contribution in [3.05, 3.63) is 60.2 Å². The second kappa shape index (κ2) is 11.7. The first kappa shape index (κ1) is 25.8. The Morgan fingerprint density at radius 2 is 1.86 bits per heavy atom. The van der Waals surface area contributed by atoms with Crippen molar-refractivity contribution in [2.45, 2.75) is 62.7 Å². The predicted molar refractivity (Wildman–Crippen MR) is 138 cm³/mol. The number of benzene rings is 2. The number of nitrogens with zero attached hydrogens (tertiary/aromatic N) is 1. The predicted octanol–water partition coefficient (Wildman–Crippen LogP) is 3.69. The highest BCUT2D eigenvalue weighted by molar-refractivity contribution is 5.79. The van der Waals surface area contributed by atoms with Crippen LogP contribution in [0.1, 0.15) is 50.5 Å². The summed E-state index contributed by atoms with van der Waals surface area (Å²) < 4.78 is 5.26. The van der Waals surface area contributed by atoms with Crippen molar-refractivity contribution in [1.82, 2.24) is 4.90 Å². The van der Waals surface area contributed by atoms with E-state index in [4.69, 9.17) is 10.5 Å². The second-order valence-electron chi connectivity index (χ2n) is 10.3. The van der Waals surface area contributed by atoms with Crippen LogP contribution in [0, 0.1) is 11.8 Å². The molecule has 2 aromatic rings. The summed E-state index contributed by atoms with van der Waals surface area (Å²) >= 11 is 0. The van der Waals surface area contributed by atoms with E-state index in [9.17, 15) is 15.0 Å². The molecule has 4 N–H and O–H groups in total. The number of unbranched alkanes of at least 4 members (excludes halogenated alkanes) is 1. The van der Waals surface area contributed by atoms with E-state index >= 15 is 0 Å². The van der Waals surface area contributed by atoms with Crippen LogP contribution in [0.25, 0.3) is 11.1 Å². The molecule has 1 aliphatic carbocycles. The molecule has 5 atom stereocenters. The lowest BCUT2D eigenvalue weighted by Gasteiger charge is -2.44. The summed E-state index contributed by atoms with van der Waals surface area (Å²) in [5, 5.41) is 22.5. The number of rotatable bonds is 9. The fraction of sp³-hybridized carbons (Fsp3) is 0.552. The fourth-order valence-corrected chi connectivity index (χ4v) is 6.00. The summed E-state index contributed by atoms with van der Waals surface area (Å²) in [7, 11) is 1.70. The van der Waals surface area contributed by atoms with E-state index in [0.29, 0.717) is 39.0 Å². The van der Waals surface area contributed by atoms with Gasteiger partial charge >= 0.3 is 0 Å². The second-order valence-corrected chi connectivity index (χ2v) is 10.3. The van der Waals surface area contributed by atoms with Gasteiger partial charge in [-0.15, -0.1) is 0 Å². The number of amides is 1. The lowest BCUT2D eigenvalue weighted by atomic mass is 9.72. The van der Waals surface area contributed by atoms with Gasteiger partial charge in [0.1, 0.15) is 0 Å². The van der Waals surface area contributed by atoms with Crippen LogP contribution in [0.4, 0.5) is 0 Å². The van der Waals surface area contributed by atoms with Crippen molar-refractivity contribution >= 4 is 5.91 Å². The van der Waals surface area contributed by atoms with E-state index in [0.717, 1.165) is 42.4 Å². The number of piperidine rings is 1. The highest BCUT2D eigenvalue weighted by atomic mass is 16.5. The molecule has 1 saturated carbocycles. The van der Waals surface area contributed by atoms with Gasteiger partial charge in [-0.3, -0.25) is 4.79 Å². The maximum atomic E-state index is 13.3. The van der Waals surface area contributed by atoms with Gasteiger partial charge in [-0.05, 0) is 61.6 Å². The van der Waals surface area contributed by atoms with Crippen molar-refractivity contribution in [3.63, 3.8) is 0 Å². The van der Waals surface area contributed by atoms with Gasteiger partial charge in [0.2, 0.25) is 5.91 Å². The maximum absolute atomic E-state index is 13.3. The molecule has 5 unspecified atom stereocenters. The van der Waals surface area contributed by atoms with E-state index in [2.05, 4.69) is 18.2 Å². The van der Waals surface area contributed by atoms with Crippen molar-refractivity contribution in [2.75, 3.05) is 26.8 Å². The first-order valence-electron chi connectivity index (χ1n) is 13.0. The average molecular weight is 481 g/mol. The van der Waals surface area contributed by atoms with E-state index < -0.39 is 11.7 Å². The molecule has 2 aliphatic rings. The Morgan fingerprint density at radius 1 is 1.11 bits per heavy atom. The highest BCUT2D eigenvalue weighted by Gasteiger charge is 2.44. The molecule has 1 heterocycles. The number of nitrogens with two attached hydrogens (primary N) is 1. The van der Waals surface area contributed by atoms with Crippen molar-refractivity contribution < 1.29 is 19.7 Å². The molecule has 1 amide bonds. The Kier molecular flexibility index (Phi) is 8.60. The zero-order valence-electron chi connectivity index (χ0n) is 20.8. The van der Waals surface area contributed by atoms with Gasteiger partial charge in [-0.2, -0.15) is 0 Å². The third kappa shape index (κ3) is 5.78. The quantitative estimate of drug-likeness (QED) is 0.476. The number of likely N-dealkylation sites (tertiary alicyclic amines) is 1. The van der Waals surface area contributed by atoms with E-state index in [1.807, 2.05) is 41.3 Å². The average Bonchev–Trinajstić information content (AvgIpc) is 3.24. The molecule has 6 nitrogen and oxygen atoms in total. The zero-order chi connectivity index (χ0) is 24.8. The molecule has 0 radical (unpaired) electrons. The Balaban J connectivity index is 1.62. The summed E-state index contributed by atoms with van der Waals surface area (Å²) in [5.74, 6) is -0.238. The van der Waals surface area contributed by atoms with Gasteiger partial charge in [-0.1, -0.05) is 54.6 Å². The Hall–Kier alpha value is -2.25. The lowest BCUT2D eigenvalue weighted by Crippen LogP contribution is -2.49. The molecule has 2 aromatic carbocycles. The fourth-order valence-electron chi connectivity index (χ4n) is 6.00. The summed E-state index contributed by atoms with van der Waals surface area (Å²) in [5.41, 5.74) is 7.97. The number of aliphatic hydroxyl groups is 2. The Bertz CT molecular complexity index is 958. The smallest absolute Gasteiger partial charge is 0.225 e. The van der Waals surface area contributed by atoms with Gasteiger partial charge in [0.05, 0.1) is 11.7 Å². The topological polar surface area (TPSA) is 96.0 Å². The normalized spacial score (nSPS) is 26.5. The van der Waals surface area contributed by atoms with Gasteiger partial charge in [-0.25, -0.2) is 0 Å². The number of ether oxygens (including phenoxy) is 1. The molecule has 1 saturated heterocycles. The third-order valence-electron chi connectivity index (χ3n) is 7.97. The van der Waals surface area contributed by atoms with Gasteiger partial charge < -0.3 is 25.6 Å². The molecule has 1 aliphatic heterocycles. The molecule has 35 heavy (non-hydrogen) atoms. The van der Waals surface area contributed by atoms with E-state index in [-0.39, 0.29) is 23.8 Å². The Morgan fingerprint density at radius 3 is 2.57 bits per heavy atom. The number of methoxy groups -OCH3 is 1. The van der Waals surface area contributed by atoms with Crippen molar-refractivity contribution in [1.29, 1.82) is 0 Å². The molecule has 4 rings (SSSR count). The molecule has 2 fully saturated rings. The molecule has 6 heteroatoms. The van der Waals surface area contributed by atoms with E-state index in [1.165, 1.54) is 0 Å². The minimum atomic E-state index is -1.06. The minimum Gasteiger partial charge on any atom is -0.391 e. The summed E-state index contributed by atoms with van der Waals surface area (Å²) in [4.78, 5) is 15.3. The van der Waals surface area contributed by atoms with Gasteiger partial charge in [0.15, 0.2) is 0 Å².